The summed E-state index contributed by atoms with van der Waals surface area (Å²) in [5.41, 5.74) is 5.39. The molecule has 52 heavy (non-hydrogen) atoms. The molecule has 0 saturated carbocycles. The van der Waals surface area contributed by atoms with E-state index in [0.717, 1.165) is 44.1 Å². The molecular formula is C34H25EuF3N2Na2O8S2. The minimum atomic E-state index is -4.68. The van der Waals surface area contributed by atoms with Crippen LogP contribution in [0.5, 0.6) is 11.5 Å². The van der Waals surface area contributed by atoms with Crippen LogP contribution in [0.4, 0.5) is 13.2 Å². The van der Waals surface area contributed by atoms with Gasteiger partial charge in [-0.3, -0.25) is 9.97 Å². The van der Waals surface area contributed by atoms with Crippen LogP contribution in [-0.4, -0.2) is 50.0 Å². The van der Waals surface area contributed by atoms with Crippen molar-refractivity contribution in [3.05, 3.63) is 121 Å². The van der Waals surface area contributed by atoms with Gasteiger partial charge in [-0.25, -0.2) is 8.42 Å². The molecule has 0 bridgehead atoms. The van der Waals surface area contributed by atoms with Gasteiger partial charge in [-0.2, -0.15) is 13.2 Å². The fraction of sp³-hybridized carbons (Fsp3) is 0.118. The number of halogens is 3. The van der Waals surface area contributed by atoms with Crippen molar-refractivity contribution in [3.63, 3.8) is 0 Å². The minimum Gasteiger partial charge on any atom is -0.740 e. The summed E-state index contributed by atoms with van der Waals surface area (Å²) in [5, 5.41) is 19.9. The number of pyridine rings is 2. The van der Waals surface area contributed by atoms with Crippen molar-refractivity contribution in [2.45, 2.75) is 24.8 Å². The normalized spacial score (nSPS) is 13.1. The second-order valence-corrected chi connectivity index (χ2v) is 11.6. The molecule has 2 heterocycles. The van der Waals surface area contributed by atoms with Crippen LogP contribution in [0.3, 0.4) is 0 Å². The first-order valence-corrected chi connectivity index (χ1v) is 16.3. The first-order chi connectivity index (χ1) is 23.4. The minimum absolute atomic E-state index is 0. The van der Waals surface area contributed by atoms with E-state index in [2.05, 4.69) is 18.3 Å². The van der Waals surface area contributed by atoms with Gasteiger partial charge in [-0.15, -0.1) is 0 Å². The number of alkyl halides is 3. The van der Waals surface area contributed by atoms with E-state index in [0.29, 0.717) is 5.56 Å². The molecule has 6 rings (SSSR count). The third-order valence-electron chi connectivity index (χ3n) is 7.29. The zero-order valence-corrected chi connectivity index (χ0v) is 35.5. The van der Waals surface area contributed by atoms with E-state index in [-0.39, 0.29) is 120 Å². The predicted octanol–water partition coefficient (Wildman–Crippen LogP) is 0.504. The number of fused-ring (bicyclic) bond motifs is 3. The van der Waals surface area contributed by atoms with Gasteiger partial charge < -0.3 is 27.7 Å². The second-order valence-electron chi connectivity index (χ2n) is 10.4. The molecule has 1 radical (unpaired) electrons. The SMILES string of the molecule is O=S([O-])Oc1ccc(-c2ccnc3c2ccc2c(-c4ccc(OS(=O)[O-])cc4)ccnc23)cc1.OC(CC(O)C(F)(F)F)c1ccccc1.[Eu].[Na+].[Na+]. The number of hydrogen-bond donors (Lipinski definition) is 2. The Morgan fingerprint density at radius 2 is 1.06 bits per heavy atom. The average molecular weight is 909 g/mol. The number of nitrogens with zero attached hydrogens (tertiary/aromatic N) is 2. The Balaban J connectivity index is 0.000000445. The van der Waals surface area contributed by atoms with Gasteiger partial charge in [0.25, 0.3) is 0 Å². The Hall–Kier alpha value is -1.19. The smallest absolute Gasteiger partial charge is 0.740 e. The molecular weight excluding hydrogens is 883 g/mol. The van der Waals surface area contributed by atoms with E-state index in [9.17, 15) is 35.8 Å². The summed E-state index contributed by atoms with van der Waals surface area (Å²) in [6.07, 6.45) is -5.81. The standard InChI is InChI=1S/C24H16N2O6S2.C10H11F3O2.Eu.2Na/c27-33(28)31-17-5-1-15(2-6-17)19-11-13-25-23-21(19)9-10-22-20(12-14-26-24(22)23)16-3-7-18(8-4-16)32-34(29)30;11-10(12,13)9(15)6-8(14)7-4-2-1-3-5-7;;;/h1-14H,(H,27,28)(H,29,30);1-5,8-9,14-15H,6H2;;;/q;;;2*+1/p-2. The van der Waals surface area contributed by atoms with Crippen LogP contribution in [-0.2, 0) is 22.7 Å². The fourth-order valence-electron chi connectivity index (χ4n) is 5.03. The van der Waals surface area contributed by atoms with Crippen LogP contribution >= 0.6 is 0 Å². The summed E-state index contributed by atoms with van der Waals surface area (Å²) in [5.74, 6) is 0.454. The molecule has 0 aliphatic carbocycles. The molecule has 0 fully saturated rings. The van der Waals surface area contributed by atoms with Crippen molar-refractivity contribution < 1.29 is 158 Å². The molecule has 6 aromatic rings. The Bertz CT molecular complexity index is 1990. The maximum absolute atomic E-state index is 12.0. The van der Waals surface area contributed by atoms with Crippen molar-refractivity contribution in [1.82, 2.24) is 9.97 Å². The van der Waals surface area contributed by atoms with Gasteiger partial charge in [0.2, 0.25) is 0 Å². The zero-order chi connectivity index (χ0) is 35.1. The Morgan fingerprint density at radius 1 is 0.654 bits per heavy atom. The van der Waals surface area contributed by atoms with Crippen LogP contribution in [0.1, 0.15) is 18.1 Å². The number of aliphatic hydroxyl groups is 2. The van der Waals surface area contributed by atoms with Crippen LogP contribution in [0.25, 0.3) is 44.1 Å². The van der Waals surface area contributed by atoms with Crippen LogP contribution in [0, 0.1) is 49.4 Å². The summed E-state index contributed by atoms with van der Waals surface area (Å²) < 4.78 is 88.2. The summed E-state index contributed by atoms with van der Waals surface area (Å²) in [4.78, 5) is 9.15. The van der Waals surface area contributed by atoms with E-state index in [1.54, 1.807) is 79.1 Å². The van der Waals surface area contributed by atoms with Crippen molar-refractivity contribution in [2.75, 3.05) is 0 Å². The van der Waals surface area contributed by atoms with E-state index in [4.69, 9.17) is 5.11 Å². The molecule has 2 aromatic heterocycles. The molecule has 2 N–H and O–H groups in total. The molecule has 261 valence electrons. The third kappa shape index (κ3) is 12.7. The topological polar surface area (TPSA) is 165 Å². The molecule has 0 spiro atoms. The summed E-state index contributed by atoms with van der Waals surface area (Å²) in [7, 11) is 0. The molecule has 4 aromatic carbocycles. The van der Waals surface area contributed by atoms with Crippen LogP contribution in [0.2, 0.25) is 0 Å². The first kappa shape index (κ1) is 47.0. The summed E-state index contributed by atoms with van der Waals surface area (Å²) >= 11 is -5.26. The molecule has 0 amide bonds. The predicted molar refractivity (Wildman–Crippen MR) is 175 cm³/mol. The summed E-state index contributed by atoms with van der Waals surface area (Å²) in [6, 6.07) is 29.1. The van der Waals surface area contributed by atoms with E-state index < -0.39 is 47.5 Å². The molecule has 0 saturated heterocycles. The number of aromatic nitrogens is 2. The maximum atomic E-state index is 12.0. The van der Waals surface area contributed by atoms with Gasteiger partial charge in [0.05, 0.1) is 17.1 Å². The molecule has 18 heteroatoms. The Labute approximate surface area is 386 Å². The number of benzene rings is 4. The van der Waals surface area contributed by atoms with Crippen LogP contribution in [0.15, 0.2) is 116 Å². The van der Waals surface area contributed by atoms with Crippen molar-refractivity contribution in [2.24, 2.45) is 0 Å². The maximum Gasteiger partial charge on any atom is 1.00 e. The molecule has 0 aliphatic heterocycles. The van der Waals surface area contributed by atoms with Gasteiger partial charge in [0.1, 0.15) is 34.2 Å². The largest absolute Gasteiger partial charge is 1.00 e. The molecule has 10 nitrogen and oxygen atoms in total. The fourth-order valence-corrected chi connectivity index (χ4v) is 5.56. The van der Waals surface area contributed by atoms with E-state index in [1.165, 1.54) is 12.1 Å². The zero-order valence-electron chi connectivity index (χ0n) is 27.4. The quantitative estimate of drug-likeness (QED) is 0.119. The van der Waals surface area contributed by atoms with Gasteiger partial charge in [0.15, 0.2) is 6.10 Å². The summed E-state index contributed by atoms with van der Waals surface area (Å²) in [6.45, 7) is 0. The number of rotatable bonds is 9. The van der Waals surface area contributed by atoms with Crippen molar-refractivity contribution in [3.8, 4) is 33.8 Å². The second kappa shape index (κ2) is 21.8. The Kier molecular flexibility index (Phi) is 19.7. The van der Waals surface area contributed by atoms with Crippen molar-refractivity contribution >= 4 is 44.5 Å². The Morgan fingerprint density at radius 3 is 1.42 bits per heavy atom. The van der Waals surface area contributed by atoms with Gasteiger partial charge >= 0.3 is 65.3 Å². The van der Waals surface area contributed by atoms with Gasteiger partial charge in [-0.1, -0.05) is 66.7 Å². The monoisotopic (exact) mass is 909 g/mol. The molecule has 4 unspecified atom stereocenters. The van der Waals surface area contributed by atoms with Crippen LogP contribution < -0.4 is 67.5 Å². The molecule has 4 atom stereocenters. The third-order valence-corrected chi connectivity index (χ3v) is 7.95. The molecule has 0 aliphatic rings. The van der Waals surface area contributed by atoms with Crippen molar-refractivity contribution in [1.29, 1.82) is 0 Å². The van der Waals surface area contributed by atoms with Gasteiger partial charge in [0, 0.05) is 79.0 Å². The van der Waals surface area contributed by atoms with E-state index >= 15 is 0 Å². The average Bonchev–Trinajstić information content (AvgIpc) is 3.08. The number of hydrogen-bond acceptors (Lipinski definition) is 10. The number of aliphatic hydroxyl groups excluding tert-OH is 2. The van der Waals surface area contributed by atoms with E-state index in [1.807, 2.05) is 24.3 Å². The van der Waals surface area contributed by atoms with Gasteiger partial charge in [-0.05, 0) is 64.2 Å². The first-order valence-electron chi connectivity index (χ1n) is 14.3.